The van der Waals surface area contributed by atoms with E-state index in [2.05, 4.69) is 29.1 Å². The smallest absolute Gasteiger partial charge is 0.205 e. The Labute approximate surface area is 73.4 Å². The van der Waals surface area contributed by atoms with Crippen molar-refractivity contribution in [3.63, 3.8) is 0 Å². The third kappa shape index (κ3) is 2.97. The van der Waals surface area contributed by atoms with Crippen molar-refractivity contribution in [1.82, 2.24) is 0 Å². The van der Waals surface area contributed by atoms with Crippen LogP contribution in [0.15, 0.2) is 34.9 Å². The number of hydrogen-bond donors (Lipinski definition) is 0. The Hall–Kier alpha value is -0.440. The second-order valence-corrected chi connectivity index (χ2v) is 2.95. The highest BCUT2D eigenvalue weighted by Crippen LogP contribution is 2.22. The van der Waals surface area contributed by atoms with Gasteiger partial charge in [0, 0.05) is 10.1 Å². The molecule has 0 aromatic carbocycles. The van der Waals surface area contributed by atoms with E-state index in [4.69, 9.17) is 0 Å². The van der Waals surface area contributed by atoms with Crippen molar-refractivity contribution in [1.29, 1.82) is 0 Å². The Bertz CT molecular complexity index is 204. The van der Waals surface area contributed by atoms with Crippen LogP contribution in [0.3, 0.4) is 0 Å². The summed E-state index contributed by atoms with van der Waals surface area (Å²) in [5.74, 6) is 0. The average molecular weight is 223 g/mol. The van der Waals surface area contributed by atoms with Crippen molar-refractivity contribution >= 4 is 15.9 Å². The van der Waals surface area contributed by atoms with Crippen LogP contribution in [0.5, 0.6) is 0 Å². The summed E-state index contributed by atoms with van der Waals surface area (Å²) < 4.78 is 24.7. The molecule has 0 N–H and O–H groups in total. The van der Waals surface area contributed by atoms with Crippen LogP contribution in [0, 0.1) is 0 Å². The predicted molar refractivity (Wildman–Crippen MR) is 47.0 cm³/mol. The molecule has 0 atom stereocenters. The van der Waals surface area contributed by atoms with Gasteiger partial charge in [0.1, 0.15) is 0 Å². The van der Waals surface area contributed by atoms with Crippen LogP contribution in [0.25, 0.3) is 0 Å². The second-order valence-electron chi connectivity index (χ2n) is 1.99. The largest absolute Gasteiger partial charge is 0.264 e. The van der Waals surface area contributed by atoms with E-state index in [0.717, 1.165) is 6.08 Å². The zero-order valence-corrected chi connectivity index (χ0v) is 7.79. The van der Waals surface area contributed by atoms with Gasteiger partial charge in [-0.1, -0.05) is 35.2 Å². The van der Waals surface area contributed by atoms with Crippen molar-refractivity contribution in [3.8, 4) is 0 Å². The van der Waals surface area contributed by atoms with Crippen LogP contribution in [0.4, 0.5) is 8.78 Å². The Morgan fingerprint density at radius 2 is 2.00 bits per heavy atom. The first-order chi connectivity index (χ1) is 5.00. The predicted octanol–water partition coefficient (Wildman–Crippen LogP) is 3.66. The summed E-state index contributed by atoms with van der Waals surface area (Å²) in [4.78, 5) is 0. The summed E-state index contributed by atoms with van der Waals surface area (Å²) in [6.07, 6.45) is -1.34. The lowest BCUT2D eigenvalue weighted by atomic mass is 10.1. The van der Waals surface area contributed by atoms with Crippen molar-refractivity contribution < 1.29 is 8.78 Å². The molecule has 0 spiro atoms. The maximum atomic E-state index is 12.1. The molecule has 3 heteroatoms. The zero-order chi connectivity index (χ0) is 9.02. The van der Waals surface area contributed by atoms with Crippen LogP contribution >= 0.6 is 15.9 Å². The lowest BCUT2D eigenvalue weighted by molar-refractivity contribution is 0.193. The second kappa shape index (κ2) is 4.44. The number of allylic oxidation sites excluding steroid dienone is 4. The molecule has 11 heavy (non-hydrogen) atoms. The summed E-state index contributed by atoms with van der Waals surface area (Å²) in [7, 11) is 0. The van der Waals surface area contributed by atoms with Gasteiger partial charge in [-0.15, -0.1) is 0 Å². The van der Waals surface area contributed by atoms with Gasteiger partial charge in [-0.25, -0.2) is 8.78 Å². The minimum Gasteiger partial charge on any atom is -0.205 e. The topological polar surface area (TPSA) is 0 Å². The van der Waals surface area contributed by atoms with Crippen molar-refractivity contribution in [3.05, 3.63) is 34.9 Å². The normalized spacial score (nSPS) is 12.8. The molecule has 0 aromatic rings. The first-order valence-electron chi connectivity index (χ1n) is 2.96. The van der Waals surface area contributed by atoms with E-state index in [1.807, 2.05) is 0 Å². The Morgan fingerprint density at radius 3 is 2.09 bits per heavy atom. The molecule has 0 unspecified atom stereocenters. The van der Waals surface area contributed by atoms with Crippen LogP contribution < -0.4 is 0 Å². The number of hydrogen-bond acceptors (Lipinski definition) is 0. The Balaban J connectivity index is 4.83. The first-order valence-corrected chi connectivity index (χ1v) is 3.76. The fourth-order valence-corrected chi connectivity index (χ4v) is 0.791. The molecule has 0 radical (unpaired) electrons. The molecular formula is C8H9BrF2. The summed E-state index contributed by atoms with van der Waals surface area (Å²) in [5, 5.41) is 0. The molecule has 0 fully saturated rings. The highest BCUT2D eigenvalue weighted by Gasteiger charge is 2.11. The summed E-state index contributed by atoms with van der Waals surface area (Å²) >= 11 is 3.02. The summed E-state index contributed by atoms with van der Waals surface area (Å²) in [6.45, 7) is 8.34. The summed E-state index contributed by atoms with van der Waals surface area (Å²) in [5.41, 5.74) is 0.363. The van der Waals surface area contributed by atoms with E-state index in [0.29, 0.717) is 10.1 Å². The molecule has 0 aliphatic carbocycles. The van der Waals surface area contributed by atoms with E-state index >= 15 is 0 Å². The zero-order valence-electron chi connectivity index (χ0n) is 6.20. The van der Waals surface area contributed by atoms with E-state index < -0.39 is 6.43 Å². The van der Waals surface area contributed by atoms with Gasteiger partial charge in [0.05, 0.1) is 0 Å². The minimum atomic E-state index is -2.48. The molecule has 0 aliphatic heterocycles. The third-order valence-electron chi connectivity index (χ3n) is 1.29. The molecule has 0 aliphatic rings. The SMILES string of the molecule is C=C/C(=C(/C)C(=C)Br)C(F)F. The van der Waals surface area contributed by atoms with Crippen molar-refractivity contribution in [2.24, 2.45) is 0 Å². The van der Waals surface area contributed by atoms with Gasteiger partial charge >= 0.3 is 0 Å². The highest BCUT2D eigenvalue weighted by atomic mass is 79.9. The monoisotopic (exact) mass is 222 g/mol. The van der Waals surface area contributed by atoms with E-state index in [-0.39, 0.29) is 5.57 Å². The Kier molecular flexibility index (Phi) is 4.26. The van der Waals surface area contributed by atoms with Gasteiger partial charge in [0.25, 0.3) is 6.43 Å². The minimum absolute atomic E-state index is 0.0770. The molecule has 0 heterocycles. The number of alkyl halides is 2. The fraction of sp³-hybridized carbons (Fsp3) is 0.250. The van der Waals surface area contributed by atoms with Gasteiger partial charge in [-0.05, 0) is 12.5 Å². The van der Waals surface area contributed by atoms with Crippen LogP contribution in [0.2, 0.25) is 0 Å². The number of halogens is 3. The van der Waals surface area contributed by atoms with Crippen molar-refractivity contribution in [2.75, 3.05) is 0 Å². The van der Waals surface area contributed by atoms with Crippen molar-refractivity contribution in [2.45, 2.75) is 13.3 Å². The first kappa shape index (κ1) is 10.6. The number of rotatable bonds is 3. The van der Waals surface area contributed by atoms with E-state index in [1.54, 1.807) is 6.92 Å². The summed E-state index contributed by atoms with van der Waals surface area (Å²) in [6, 6.07) is 0. The molecule has 0 saturated heterocycles. The molecule has 0 rings (SSSR count). The molecule has 0 bridgehead atoms. The van der Waals surface area contributed by atoms with E-state index in [1.165, 1.54) is 0 Å². The van der Waals surface area contributed by atoms with Crippen LogP contribution in [0.1, 0.15) is 6.92 Å². The maximum Gasteiger partial charge on any atom is 0.264 e. The average Bonchev–Trinajstić information content (AvgIpc) is 1.88. The van der Waals surface area contributed by atoms with Gasteiger partial charge in [-0.3, -0.25) is 0 Å². The molecule has 0 aromatic heterocycles. The maximum absolute atomic E-state index is 12.1. The van der Waals surface area contributed by atoms with Gasteiger partial charge in [-0.2, -0.15) is 0 Å². The molecular weight excluding hydrogens is 214 g/mol. The lowest BCUT2D eigenvalue weighted by Crippen LogP contribution is -1.96. The molecule has 0 amide bonds. The lowest BCUT2D eigenvalue weighted by Gasteiger charge is -2.04. The van der Waals surface area contributed by atoms with Crippen LogP contribution in [-0.4, -0.2) is 6.43 Å². The highest BCUT2D eigenvalue weighted by molar-refractivity contribution is 9.11. The quantitative estimate of drug-likeness (QED) is 0.640. The van der Waals surface area contributed by atoms with Gasteiger partial charge < -0.3 is 0 Å². The third-order valence-corrected chi connectivity index (χ3v) is 1.89. The molecule has 0 nitrogen and oxygen atoms in total. The van der Waals surface area contributed by atoms with Gasteiger partial charge in [0.15, 0.2) is 0 Å². The van der Waals surface area contributed by atoms with Gasteiger partial charge in [0.2, 0.25) is 0 Å². The van der Waals surface area contributed by atoms with E-state index in [9.17, 15) is 8.78 Å². The molecule has 62 valence electrons. The van der Waals surface area contributed by atoms with Crippen LogP contribution in [-0.2, 0) is 0 Å². The Morgan fingerprint density at radius 1 is 1.55 bits per heavy atom. The molecule has 0 saturated carbocycles. The standard InChI is InChI=1S/C8H9BrF2/c1-4-7(8(10)11)5(2)6(3)9/h4,8H,1,3H2,2H3/b7-5+. The fourth-order valence-electron chi connectivity index (χ4n) is 0.562.